The van der Waals surface area contributed by atoms with E-state index in [0.29, 0.717) is 5.41 Å². The van der Waals surface area contributed by atoms with E-state index < -0.39 is 35.9 Å². The van der Waals surface area contributed by atoms with E-state index in [1.807, 2.05) is 0 Å². The van der Waals surface area contributed by atoms with Crippen LogP contribution in [0, 0.1) is 11.3 Å². The monoisotopic (exact) mass is 374 g/mol. The molecule has 0 saturated heterocycles. The lowest BCUT2D eigenvalue weighted by atomic mass is 9.85. The average Bonchev–Trinajstić information content (AvgIpc) is 2.94. The zero-order valence-corrected chi connectivity index (χ0v) is 19.7. The topological polar surface area (TPSA) is 27.7 Å². The van der Waals surface area contributed by atoms with Gasteiger partial charge in [-0.25, -0.2) is 0 Å². The van der Waals surface area contributed by atoms with Gasteiger partial charge in [0.05, 0.1) is 0 Å². The van der Waals surface area contributed by atoms with Crippen molar-refractivity contribution in [2.75, 3.05) is 0 Å². The molecule has 2 bridgehead atoms. The van der Waals surface area contributed by atoms with Crippen LogP contribution in [0.1, 0.15) is 25.7 Å². The predicted octanol–water partition coefficient (Wildman–Crippen LogP) is 3.67. The third kappa shape index (κ3) is 4.99. The van der Waals surface area contributed by atoms with Crippen molar-refractivity contribution in [3.05, 3.63) is 12.2 Å². The van der Waals surface area contributed by atoms with E-state index in [2.05, 4.69) is 51.4 Å². The summed E-state index contributed by atoms with van der Waals surface area (Å²) in [5.41, 5.74) is 0.439. The summed E-state index contributed by atoms with van der Waals surface area (Å²) in [6.45, 7) is 13.5. The molecular weight excluding hydrogens is 341 g/mol. The Morgan fingerprint density at radius 2 is 1.55 bits per heavy atom. The van der Waals surface area contributed by atoms with Crippen LogP contribution in [0.5, 0.6) is 0 Å². The van der Waals surface area contributed by atoms with E-state index in [0.717, 1.165) is 12.0 Å². The van der Waals surface area contributed by atoms with E-state index in [1.165, 1.54) is 25.7 Å². The maximum Gasteiger partial charge on any atom is 0.468 e. The Morgan fingerprint density at radius 1 is 1.00 bits per heavy atom. The molecule has 128 valence electrons. The highest BCUT2D eigenvalue weighted by molar-refractivity contribution is 6.79. The van der Waals surface area contributed by atoms with Crippen molar-refractivity contribution >= 4 is 35.9 Å². The van der Waals surface area contributed by atoms with Crippen LogP contribution in [0.3, 0.4) is 0 Å². The molecule has 2 unspecified atom stereocenters. The molecule has 2 atom stereocenters. The molecule has 1 saturated carbocycles. The van der Waals surface area contributed by atoms with Gasteiger partial charge in [-0.3, -0.25) is 0 Å². The highest BCUT2D eigenvalue weighted by Gasteiger charge is 2.47. The predicted molar refractivity (Wildman–Crippen MR) is 104 cm³/mol. The molecule has 0 aromatic carbocycles. The maximum absolute atomic E-state index is 6.50. The molecular formula is C15H34O3Si4. The van der Waals surface area contributed by atoms with Crippen LogP contribution in [-0.4, -0.2) is 35.9 Å². The molecule has 0 spiro atoms. The second kappa shape index (κ2) is 7.58. The highest BCUT2D eigenvalue weighted by Crippen LogP contribution is 2.52. The van der Waals surface area contributed by atoms with Crippen LogP contribution in [0.4, 0.5) is 0 Å². The molecule has 22 heavy (non-hydrogen) atoms. The van der Waals surface area contributed by atoms with Gasteiger partial charge in [0.2, 0.25) is 0 Å². The van der Waals surface area contributed by atoms with Crippen LogP contribution in [0.2, 0.25) is 45.3 Å². The Hall–Kier alpha value is 0.488. The van der Waals surface area contributed by atoms with Gasteiger partial charge in [0.25, 0.3) is 0 Å². The SMILES string of the molecule is C[SiH](C)O[Si](CCC12C=CC(CC1)C2)(O[SiH](C)C)O[SiH](C)C. The van der Waals surface area contributed by atoms with Gasteiger partial charge in [0, 0.05) is 6.04 Å². The van der Waals surface area contributed by atoms with E-state index in [-0.39, 0.29) is 0 Å². The Balaban J connectivity index is 2.08. The van der Waals surface area contributed by atoms with E-state index in [4.69, 9.17) is 12.3 Å². The summed E-state index contributed by atoms with van der Waals surface area (Å²) in [7, 11) is -5.93. The van der Waals surface area contributed by atoms with E-state index >= 15 is 0 Å². The van der Waals surface area contributed by atoms with Crippen molar-refractivity contribution < 1.29 is 12.3 Å². The van der Waals surface area contributed by atoms with E-state index in [9.17, 15) is 0 Å². The zero-order chi connectivity index (χ0) is 16.4. The molecule has 3 nitrogen and oxygen atoms in total. The molecule has 0 heterocycles. The fraction of sp³-hybridized carbons (Fsp3) is 0.867. The first-order valence-corrected chi connectivity index (χ1v) is 19.2. The molecule has 2 rings (SSSR count). The van der Waals surface area contributed by atoms with Gasteiger partial charge < -0.3 is 12.3 Å². The Labute approximate surface area is 143 Å². The van der Waals surface area contributed by atoms with E-state index in [1.54, 1.807) is 0 Å². The van der Waals surface area contributed by atoms with Crippen molar-refractivity contribution in [3.8, 4) is 0 Å². The van der Waals surface area contributed by atoms with Crippen molar-refractivity contribution in [3.63, 3.8) is 0 Å². The summed E-state index contributed by atoms with van der Waals surface area (Å²) in [6.07, 6.45) is 10.2. The van der Waals surface area contributed by atoms with Gasteiger partial charge in [-0.05, 0) is 76.3 Å². The summed E-state index contributed by atoms with van der Waals surface area (Å²) in [5, 5.41) is 0. The first kappa shape index (κ1) is 18.8. The summed E-state index contributed by atoms with van der Waals surface area (Å²) >= 11 is 0. The standard InChI is InChI=1S/C15H34O3Si4/c1-19(2)16-22(17-20(3)4,18-21(5)6)12-11-15-9-7-14(13-15)8-10-15/h7,9,14,19-21H,8,10-13H2,1-6H3. The minimum atomic E-state index is -2.45. The van der Waals surface area contributed by atoms with Crippen molar-refractivity contribution in [1.82, 2.24) is 0 Å². The Bertz CT molecular complexity index is 374. The second-order valence-electron chi connectivity index (χ2n) is 7.91. The van der Waals surface area contributed by atoms with Crippen molar-refractivity contribution in [2.24, 2.45) is 11.3 Å². The molecule has 2 aliphatic rings. The third-order valence-corrected chi connectivity index (χ3v) is 15.4. The lowest BCUT2D eigenvalue weighted by molar-refractivity contribution is 0.253. The minimum absolute atomic E-state index is 0.439. The van der Waals surface area contributed by atoms with Crippen LogP contribution >= 0.6 is 0 Å². The summed E-state index contributed by atoms with van der Waals surface area (Å²) < 4.78 is 19.5. The highest BCUT2D eigenvalue weighted by atomic mass is 28.5. The summed E-state index contributed by atoms with van der Waals surface area (Å²) in [4.78, 5) is 0. The molecule has 0 aromatic heterocycles. The molecule has 0 amide bonds. The maximum atomic E-state index is 6.50. The lowest BCUT2D eigenvalue weighted by Crippen LogP contribution is -2.53. The fourth-order valence-corrected chi connectivity index (χ4v) is 16.9. The number of rotatable bonds is 9. The largest absolute Gasteiger partial charge is 0.468 e. The molecule has 7 heteroatoms. The normalized spacial score (nSPS) is 27.8. The van der Waals surface area contributed by atoms with Gasteiger partial charge in [0.1, 0.15) is 0 Å². The van der Waals surface area contributed by atoms with Crippen LogP contribution in [0.15, 0.2) is 12.2 Å². The zero-order valence-electron chi connectivity index (χ0n) is 15.2. The Morgan fingerprint density at radius 3 is 1.86 bits per heavy atom. The van der Waals surface area contributed by atoms with Gasteiger partial charge in [-0.15, -0.1) is 0 Å². The number of fused-ring (bicyclic) bond motifs is 2. The van der Waals surface area contributed by atoms with Crippen LogP contribution in [0.25, 0.3) is 0 Å². The summed E-state index contributed by atoms with van der Waals surface area (Å²) in [5.74, 6) is 0.845. The molecule has 0 aromatic rings. The molecule has 2 aliphatic carbocycles. The summed E-state index contributed by atoms with van der Waals surface area (Å²) in [6, 6.07) is 1.03. The van der Waals surface area contributed by atoms with Gasteiger partial charge in [-0.1, -0.05) is 12.2 Å². The lowest BCUT2D eigenvalue weighted by Gasteiger charge is -2.37. The van der Waals surface area contributed by atoms with Crippen LogP contribution in [-0.2, 0) is 12.3 Å². The molecule has 0 radical (unpaired) electrons. The van der Waals surface area contributed by atoms with Crippen molar-refractivity contribution in [1.29, 1.82) is 0 Å². The Kier molecular flexibility index (Phi) is 6.49. The smallest absolute Gasteiger partial charge is 0.420 e. The average molecular weight is 375 g/mol. The van der Waals surface area contributed by atoms with Gasteiger partial charge >= 0.3 is 8.80 Å². The first-order valence-electron chi connectivity index (χ1n) is 8.97. The second-order valence-corrected chi connectivity index (χ2v) is 18.9. The van der Waals surface area contributed by atoms with Gasteiger partial charge in [-0.2, -0.15) is 0 Å². The molecule has 1 fully saturated rings. The first-order chi connectivity index (χ1) is 10.2. The number of hydrogen-bond acceptors (Lipinski definition) is 3. The number of hydrogen-bond donors (Lipinski definition) is 0. The molecule has 0 N–H and O–H groups in total. The number of allylic oxidation sites excluding steroid dienone is 2. The minimum Gasteiger partial charge on any atom is -0.420 e. The molecule has 0 aliphatic heterocycles. The quantitative estimate of drug-likeness (QED) is 0.455. The van der Waals surface area contributed by atoms with Crippen molar-refractivity contribution in [2.45, 2.75) is 71.0 Å². The van der Waals surface area contributed by atoms with Gasteiger partial charge in [0.15, 0.2) is 27.1 Å². The fourth-order valence-electron chi connectivity index (χ4n) is 3.90. The third-order valence-electron chi connectivity index (χ3n) is 4.58. The van der Waals surface area contributed by atoms with Crippen LogP contribution < -0.4 is 0 Å².